The van der Waals surface area contributed by atoms with Gasteiger partial charge in [-0.1, -0.05) is 0 Å². The zero-order valence-electron chi connectivity index (χ0n) is 11.3. The number of carboxylic acid groups (broad SMARTS) is 1. The lowest BCUT2D eigenvalue weighted by molar-refractivity contribution is -0.142. The number of rotatable bonds is 5. The van der Waals surface area contributed by atoms with Crippen LogP contribution in [0.3, 0.4) is 0 Å². The number of carbonyl (C=O) groups is 2. The molecule has 0 radical (unpaired) electrons. The van der Waals surface area contributed by atoms with E-state index >= 15 is 0 Å². The van der Waals surface area contributed by atoms with Crippen molar-refractivity contribution in [3.63, 3.8) is 0 Å². The summed E-state index contributed by atoms with van der Waals surface area (Å²) in [5.41, 5.74) is 0. The molecule has 1 saturated heterocycles. The van der Waals surface area contributed by atoms with Gasteiger partial charge in [-0.3, -0.25) is 9.59 Å². The van der Waals surface area contributed by atoms with Crippen molar-refractivity contribution in [3.8, 4) is 0 Å². The van der Waals surface area contributed by atoms with Crippen molar-refractivity contribution in [2.75, 3.05) is 33.7 Å². The van der Waals surface area contributed by atoms with Gasteiger partial charge in [-0.25, -0.2) is 0 Å². The Morgan fingerprint density at radius 2 is 2.22 bits per heavy atom. The van der Waals surface area contributed by atoms with E-state index in [4.69, 9.17) is 5.11 Å². The van der Waals surface area contributed by atoms with Crippen LogP contribution in [0.25, 0.3) is 0 Å². The average Bonchev–Trinajstić information content (AvgIpc) is 2.37. The second-order valence-corrected chi connectivity index (χ2v) is 5.14. The van der Waals surface area contributed by atoms with Gasteiger partial charge in [0, 0.05) is 25.7 Å². The highest BCUT2D eigenvalue weighted by atomic mass is 16.4. The molecular formula is C12H23N3O3. The minimum absolute atomic E-state index is 0.0939. The molecule has 0 aromatic carbocycles. The molecule has 2 atom stereocenters. The van der Waals surface area contributed by atoms with Crippen molar-refractivity contribution in [3.05, 3.63) is 0 Å². The summed E-state index contributed by atoms with van der Waals surface area (Å²) in [6, 6.07) is -0.426. The normalized spacial score (nSPS) is 25.3. The minimum atomic E-state index is -0.942. The molecule has 104 valence electrons. The summed E-state index contributed by atoms with van der Waals surface area (Å²) in [7, 11) is 3.91. The van der Waals surface area contributed by atoms with E-state index in [9.17, 15) is 9.59 Å². The predicted molar refractivity (Wildman–Crippen MR) is 68.4 cm³/mol. The second-order valence-electron chi connectivity index (χ2n) is 5.14. The Morgan fingerprint density at radius 3 is 2.78 bits per heavy atom. The molecule has 18 heavy (non-hydrogen) atoms. The third kappa shape index (κ3) is 4.62. The van der Waals surface area contributed by atoms with Gasteiger partial charge in [-0.2, -0.15) is 0 Å². The number of nitrogens with one attached hydrogen (secondary N) is 1. The number of hydrogen-bond donors (Lipinski definition) is 2. The van der Waals surface area contributed by atoms with Gasteiger partial charge in [-0.15, -0.1) is 0 Å². The minimum Gasteiger partial charge on any atom is -0.481 e. The van der Waals surface area contributed by atoms with E-state index in [2.05, 4.69) is 5.32 Å². The van der Waals surface area contributed by atoms with Crippen molar-refractivity contribution in [2.24, 2.45) is 0 Å². The van der Waals surface area contributed by atoms with Crippen LogP contribution in [0.5, 0.6) is 0 Å². The zero-order chi connectivity index (χ0) is 13.7. The molecule has 6 nitrogen and oxygen atoms in total. The lowest BCUT2D eigenvalue weighted by atomic mass is 10.1. The van der Waals surface area contributed by atoms with E-state index < -0.39 is 12.0 Å². The van der Waals surface area contributed by atoms with E-state index in [0.717, 1.165) is 13.0 Å². The first-order valence-corrected chi connectivity index (χ1v) is 6.31. The van der Waals surface area contributed by atoms with E-state index in [-0.39, 0.29) is 18.4 Å². The number of aliphatic carboxylic acids is 1. The van der Waals surface area contributed by atoms with Gasteiger partial charge >= 0.3 is 5.97 Å². The van der Waals surface area contributed by atoms with Crippen LogP contribution < -0.4 is 5.32 Å². The first kappa shape index (κ1) is 14.9. The van der Waals surface area contributed by atoms with E-state index in [0.29, 0.717) is 13.1 Å². The maximum Gasteiger partial charge on any atom is 0.305 e. The highest BCUT2D eigenvalue weighted by Crippen LogP contribution is 2.09. The Bertz CT molecular complexity index is 307. The lowest BCUT2D eigenvalue weighted by Crippen LogP contribution is -2.47. The highest BCUT2D eigenvalue weighted by Gasteiger charge is 2.30. The van der Waals surface area contributed by atoms with Crippen LogP contribution in [0.2, 0.25) is 0 Å². The average molecular weight is 257 g/mol. The Balaban J connectivity index is 2.66. The van der Waals surface area contributed by atoms with Crippen LogP contribution in [-0.4, -0.2) is 72.6 Å². The number of amides is 1. The number of nitrogens with zero attached hydrogens (tertiary/aromatic N) is 2. The first-order valence-electron chi connectivity index (χ1n) is 6.31. The van der Waals surface area contributed by atoms with Gasteiger partial charge in [0.2, 0.25) is 5.91 Å². The highest BCUT2D eigenvalue weighted by molar-refractivity contribution is 5.86. The molecule has 0 aromatic heterocycles. The van der Waals surface area contributed by atoms with Gasteiger partial charge in [-0.05, 0) is 27.4 Å². The maximum atomic E-state index is 12.2. The summed E-state index contributed by atoms with van der Waals surface area (Å²) in [6.45, 7) is 4.12. The van der Waals surface area contributed by atoms with Crippen LogP contribution in [0, 0.1) is 0 Å². The van der Waals surface area contributed by atoms with Crippen LogP contribution in [0.4, 0.5) is 0 Å². The molecule has 6 heteroatoms. The Morgan fingerprint density at radius 1 is 1.56 bits per heavy atom. The Hall–Kier alpha value is -1.14. The van der Waals surface area contributed by atoms with Gasteiger partial charge in [0.15, 0.2) is 0 Å². The van der Waals surface area contributed by atoms with Crippen molar-refractivity contribution < 1.29 is 14.7 Å². The molecule has 0 spiro atoms. The van der Waals surface area contributed by atoms with Crippen molar-refractivity contribution in [2.45, 2.75) is 31.8 Å². The predicted octanol–water partition coefficient (Wildman–Crippen LogP) is -0.398. The molecule has 1 heterocycles. The molecule has 0 aliphatic carbocycles. The molecule has 1 aliphatic rings. The van der Waals surface area contributed by atoms with E-state index in [1.807, 2.05) is 25.9 Å². The summed E-state index contributed by atoms with van der Waals surface area (Å²) >= 11 is 0. The lowest BCUT2D eigenvalue weighted by Gasteiger charge is -2.25. The fourth-order valence-electron chi connectivity index (χ4n) is 2.04. The molecule has 0 bridgehead atoms. The van der Waals surface area contributed by atoms with Crippen molar-refractivity contribution in [1.82, 2.24) is 15.1 Å². The second kappa shape index (κ2) is 6.70. The molecule has 0 saturated carbocycles. The number of hydrogen-bond acceptors (Lipinski definition) is 4. The summed E-state index contributed by atoms with van der Waals surface area (Å²) in [6.07, 6.45) is 0.705. The molecule has 2 N–H and O–H groups in total. The smallest absolute Gasteiger partial charge is 0.305 e. The van der Waals surface area contributed by atoms with E-state index in [1.165, 1.54) is 0 Å². The van der Waals surface area contributed by atoms with Gasteiger partial charge in [0.05, 0.1) is 12.5 Å². The van der Waals surface area contributed by atoms with Crippen molar-refractivity contribution in [1.29, 1.82) is 0 Å². The molecule has 1 fully saturated rings. The first-order chi connectivity index (χ1) is 8.40. The largest absolute Gasteiger partial charge is 0.481 e. The summed E-state index contributed by atoms with van der Waals surface area (Å²) < 4.78 is 0. The van der Waals surface area contributed by atoms with Crippen LogP contribution in [-0.2, 0) is 9.59 Å². The maximum absolute atomic E-state index is 12.2. The Kier molecular flexibility index (Phi) is 5.55. The van der Waals surface area contributed by atoms with Crippen LogP contribution in [0.1, 0.15) is 19.8 Å². The number of likely N-dealkylation sites (N-methyl/N-ethyl adjacent to an activating group) is 1. The topological polar surface area (TPSA) is 72.9 Å². The fourth-order valence-corrected chi connectivity index (χ4v) is 2.04. The van der Waals surface area contributed by atoms with Crippen LogP contribution >= 0.6 is 0 Å². The van der Waals surface area contributed by atoms with E-state index in [1.54, 1.807) is 4.90 Å². The molecule has 1 aliphatic heterocycles. The third-order valence-corrected chi connectivity index (χ3v) is 3.12. The molecule has 1 rings (SSSR count). The monoisotopic (exact) mass is 257 g/mol. The van der Waals surface area contributed by atoms with Crippen molar-refractivity contribution >= 4 is 11.9 Å². The third-order valence-electron chi connectivity index (χ3n) is 3.12. The van der Waals surface area contributed by atoms with Crippen LogP contribution in [0.15, 0.2) is 0 Å². The summed E-state index contributed by atoms with van der Waals surface area (Å²) in [5.74, 6) is -1.04. The van der Waals surface area contributed by atoms with Gasteiger partial charge in [0.25, 0.3) is 0 Å². The zero-order valence-corrected chi connectivity index (χ0v) is 11.3. The molecule has 2 unspecified atom stereocenters. The standard InChI is InChI=1S/C12H23N3O3/c1-9-4-5-15(7-6-14(2)3)12(18)10(13-9)8-11(16)17/h9-10,13H,4-8H2,1-3H3,(H,16,17). The SMILES string of the molecule is CC1CCN(CCN(C)C)C(=O)C(CC(=O)O)N1. The quantitative estimate of drug-likeness (QED) is 0.701. The Labute approximate surface area is 108 Å². The summed E-state index contributed by atoms with van der Waals surface area (Å²) in [5, 5.41) is 11.9. The number of carboxylic acids is 1. The molecule has 0 aromatic rings. The van der Waals surface area contributed by atoms with Gasteiger partial charge in [0.1, 0.15) is 0 Å². The number of carbonyl (C=O) groups excluding carboxylic acids is 1. The molecular weight excluding hydrogens is 234 g/mol. The fraction of sp³-hybridized carbons (Fsp3) is 0.833. The molecule has 1 amide bonds. The summed E-state index contributed by atoms with van der Waals surface area (Å²) in [4.78, 5) is 26.8. The van der Waals surface area contributed by atoms with Gasteiger partial charge < -0.3 is 20.2 Å².